The Kier molecular flexibility index (Phi) is 3.31. The van der Waals surface area contributed by atoms with Gasteiger partial charge in [-0.3, -0.25) is 14.5 Å². The third kappa shape index (κ3) is 2.23. The number of carbonyl (C=O) groups excluding carboxylic acids is 2. The van der Waals surface area contributed by atoms with Crippen LogP contribution in [-0.2, 0) is 4.79 Å². The van der Waals surface area contributed by atoms with Gasteiger partial charge in [-0.05, 0) is 13.0 Å². The lowest BCUT2D eigenvalue weighted by Gasteiger charge is -2.24. The van der Waals surface area contributed by atoms with E-state index in [0.717, 1.165) is 5.56 Å². The van der Waals surface area contributed by atoms with Crippen molar-refractivity contribution in [3.05, 3.63) is 53.5 Å². The normalized spacial score (nSPS) is 15.0. The monoisotopic (exact) mass is 299 g/mol. The molecule has 0 unspecified atom stereocenters. The molecule has 2 amide bonds. The van der Waals surface area contributed by atoms with E-state index in [0.29, 0.717) is 16.4 Å². The maximum atomic E-state index is 12.4. The van der Waals surface area contributed by atoms with Crippen LogP contribution in [0.5, 0.6) is 0 Å². The average Bonchev–Trinajstić information content (AvgIpc) is 3.07. The fraction of sp³-hybridized carbons (Fsp3) is 0.133. The quantitative estimate of drug-likeness (QED) is 0.947. The fourth-order valence-corrected chi connectivity index (χ4v) is 2.86. The number of hydrogen-bond acceptors (Lipinski definition) is 4. The van der Waals surface area contributed by atoms with Gasteiger partial charge in [0.15, 0.2) is 5.13 Å². The number of nitrogens with one attached hydrogen (secondary N) is 1. The van der Waals surface area contributed by atoms with Gasteiger partial charge in [0.25, 0.3) is 5.91 Å². The van der Waals surface area contributed by atoms with Crippen LogP contribution in [0.2, 0.25) is 0 Å². The van der Waals surface area contributed by atoms with E-state index >= 15 is 0 Å². The Hall–Kier alpha value is -2.47. The molecule has 1 aromatic heterocycles. The number of carbonyl (C=O) groups is 2. The van der Waals surface area contributed by atoms with E-state index < -0.39 is 6.04 Å². The summed E-state index contributed by atoms with van der Waals surface area (Å²) in [4.78, 5) is 30.1. The molecule has 1 aromatic carbocycles. The molecule has 21 heavy (non-hydrogen) atoms. The van der Waals surface area contributed by atoms with Gasteiger partial charge in [-0.1, -0.05) is 24.8 Å². The first-order valence-corrected chi connectivity index (χ1v) is 7.30. The number of rotatable bonds is 3. The van der Waals surface area contributed by atoms with Gasteiger partial charge in [0.1, 0.15) is 6.04 Å². The molecule has 2 heterocycles. The molecule has 6 heteroatoms. The maximum Gasteiger partial charge on any atom is 0.259 e. The molecule has 0 bridgehead atoms. The van der Waals surface area contributed by atoms with Crippen molar-refractivity contribution in [1.29, 1.82) is 0 Å². The molecule has 1 N–H and O–H groups in total. The van der Waals surface area contributed by atoms with Gasteiger partial charge in [-0.25, -0.2) is 4.98 Å². The minimum atomic E-state index is -0.652. The maximum absolute atomic E-state index is 12.4. The molecule has 106 valence electrons. The van der Waals surface area contributed by atoms with Crippen molar-refractivity contribution < 1.29 is 9.59 Å². The summed E-state index contributed by atoms with van der Waals surface area (Å²) in [6.07, 6.45) is 1.61. The number of hydrogen-bond donors (Lipinski definition) is 1. The van der Waals surface area contributed by atoms with Gasteiger partial charge < -0.3 is 5.32 Å². The summed E-state index contributed by atoms with van der Waals surface area (Å²) in [5.41, 5.74) is 1.91. The highest BCUT2D eigenvalue weighted by Crippen LogP contribution is 2.33. The molecule has 2 aromatic rings. The number of amides is 2. The summed E-state index contributed by atoms with van der Waals surface area (Å²) in [5.74, 6) is -0.482. The summed E-state index contributed by atoms with van der Waals surface area (Å²) in [5, 5.41) is 4.99. The van der Waals surface area contributed by atoms with Crippen LogP contribution in [0.4, 0.5) is 5.13 Å². The van der Waals surface area contributed by atoms with Crippen LogP contribution in [0.1, 0.15) is 22.8 Å². The summed E-state index contributed by atoms with van der Waals surface area (Å²) < 4.78 is 0. The van der Waals surface area contributed by atoms with Gasteiger partial charge in [0.2, 0.25) is 5.91 Å². The number of aromatic nitrogens is 1. The van der Waals surface area contributed by atoms with Gasteiger partial charge in [0.05, 0.1) is 0 Å². The Labute approximate surface area is 125 Å². The van der Waals surface area contributed by atoms with Crippen molar-refractivity contribution in [3.63, 3.8) is 0 Å². The highest BCUT2D eigenvalue weighted by Gasteiger charge is 2.36. The van der Waals surface area contributed by atoms with E-state index in [2.05, 4.69) is 16.9 Å². The largest absolute Gasteiger partial charge is 0.300 e. The zero-order valence-electron chi connectivity index (χ0n) is 11.4. The lowest BCUT2D eigenvalue weighted by Crippen LogP contribution is -2.41. The summed E-state index contributed by atoms with van der Waals surface area (Å²) in [6.45, 7) is 5.62. The minimum Gasteiger partial charge on any atom is -0.300 e. The van der Waals surface area contributed by atoms with Crippen molar-refractivity contribution in [2.45, 2.75) is 13.0 Å². The van der Waals surface area contributed by atoms with E-state index in [-0.39, 0.29) is 11.8 Å². The Bertz CT molecular complexity index is 689. The second-order valence-electron chi connectivity index (χ2n) is 4.67. The van der Waals surface area contributed by atoms with Gasteiger partial charge in [-0.15, -0.1) is 11.3 Å². The van der Waals surface area contributed by atoms with E-state index in [1.165, 1.54) is 16.2 Å². The number of benzene rings is 1. The number of nitrogens with zero attached hydrogens (tertiary/aromatic N) is 2. The van der Waals surface area contributed by atoms with E-state index in [1.54, 1.807) is 30.6 Å². The molecule has 0 radical (unpaired) electrons. The molecule has 0 saturated carbocycles. The average molecular weight is 299 g/mol. The number of anilines is 1. The Balaban J connectivity index is 1.83. The molecule has 3 rings (SSSR count). The summed E-state index contributed by atoms with van der Waals surface area (Å²) in [7, 11) is 0. The molecule has 0 spiro atoms. The Morgan fingerprint density at radius 1 is 1.38 bits per heavy atom. The van der Waals surface area contributed by atoms with Crippen LogP contribution in [0.15, 0.2) is 42.4 Å². The first-order valence-electron chi connectivity index (χ1n) is 6.42. The SMILES string of the molecule is C=C1c2ccccc2C(=O)N1[C@@H](C)C(=O)Nc1nccs1. The topological polar surface area (TPSA) is 62.3 Å². The lowest BCUT2D eigenvalue weighted by atomic mass is 10.1. The molecule has 0 fully saturated rings. The van der Waals surface area contributed by atoms with Gasteiger partial charge >= 0.3 is 0 Å². The fourth-order valence-electron chi connectivity index (χ4n) is 2.33. The second kappa shape index (κ2) is 5.14. The molecule has 1 aliphatic rings. The van der Waals surface area contributed by atoms with E-state index in [1.807, 2.05) is 12.1 Å². The van der Waals surface area contributed by atoms with Crippen molar-refractivity contribution >= 4 is 34.0 Å². The Morgan fingerprint density at radius 3 is 2.71 bits per heavy atom. The van der Waals surface area contributed by atoms with Crippen molar-refractivity contribution in [2.24, 2.45) is 0 Å². The Morgan fingerprint density at radius 2 is 2.10 bits per heavy atom. The van der Waals surface area contributed by atoms with Crippen LogP contribution in [0.25, 0.3) is 5.70 Å². The molecule has 5 nitrogen and oxygen atoms in total. The molecule has 0 aliphatic carbocycles. The smallest absolute Gasteiger partial charge is 0.259 e. The van der Waals surface area contributed by atoms with Crippen molar-refractivity contribution in [3.8, 4) is 0 Å². The minimum absolute atomic E-state index is 0.197. The van der Waals surface area contributed by atoms with Crippen LogP contribution < -0.4 is 5.32 Å². The molecule has 0 saturated heterocycles. The molecular formula is C15H13N3O2S. The predicted molar refractivity (Wildman–Crippen MR) is 81.9 cm³/mol. The highest BCUT2D eigenvalue weighted by atomic mass is 32.1. The van der Waals surface area contributed by atoms with Gasteiger partial charge in [0, 0.05) is 28.4 Å². The van der Waals surface area contributed by atoms with Crippen molar-refractivity contribution in [1.82, 2.24) is 9.88 Å². The number of thiazole rings is 1. The second-order valence-corrected chi connectivity index (χ2v) is 5.56. The van der Waals surface area contributed by atoms with Crippen LogP contribution in [0.3, 0.4) is 0 Å². The summed E-state index contributed by atoms with van der Waals surface area (Å²) >= 11 is 1.33. The lowest BCUT2D eigenvalue weighted by molar-refractivity contribution is -0.119. The molecule has 1 aliphatic heterocycles. The van der Waals surface area contributed by atoms with Crippen LogP contribution >= 0.6 is 11.3 Å². The standard InChI is InChI=1S/C15H13N3O2S/c1-9-11-5-3-4-6-12(11)14(20)18(9)10(2)13(19)17-15-16-7-8-21-15/h3-8,10H,1H2,2H3,(H,16,17,19)/t10-/m0/s1. The first kappa shape index (κ1) is 13.5. The zero-order valence-corrected chi connectivity index (χ0v) is 12.2. The van der Waals surface area contributed by atoms with E-state index in [4.69, 9.17) is 0 Å². The molecular weight excluding hydrogens is 286 g/mol. The van der Waals surface area contributed by atoms with Crippen LogP contribution in [-0.4, -0.2) is 27.7 Å². The van der Waals surface area contributed by atoms with Gasteiger partial charge in [-0.2, -0.15) is 0 Å². The van der Waals surface area contributed by atoms with E-state index in [9.17, 15) is 9.59 Å². The number of fused-ring (bicyclic) bond motifs is 1. The summed E-state index contributed by atoms with van der Waals surface area (Å²) in [6, 6.07) is 6.57. The molecule has 1 atom stereocenters. The first-order chi connectivity index (χ1) is 10.1. The van der Waals surface area contributed by atoms with Crippen LogP contribution in [0, 0.1) is 0 Å². The third-order valence-corrected chi connectivity index (χ3v) is 4.10. The third-order valence-electron chi connectivity index (χ3n) is 3.41. The van der Waals surface area contributed by atoms with Crippen molar-refractivity contribution in [2.75, 3.05) is 5.32 Å². The highest BCUT2D eigenvalue weighted by molar-refractivity contribution is 7.13. The predicted octanol–water partition coefficient (Wildman–Crippen LogP) is 2.60. The zero-order chi connectivity index (χ0) is 15.0.